The van der Waals surface area contributed by atoms with E-state index in [9.17, 15) is 9.59 Å². The molecule has 1 aromatic rings. The Bertz CT molecular complexity index is 352. The number of amides is 1. The third-order valence-electron chi connectivity index (χ3n) is 1.73. The van der Waals surface area contributed by atoms with Crippen molar-refractivity contribution in [1.29, 1.82) is 0 Å². The summed E-state index contributed by atoms with van der Waals surface area (Å²) < 4.78 is 4.86. The van der Waals surface area contributed by atoms with E-state index in [-0.39, 0.29) is 24.9 Å². The standard InChI is InChI=1S/C11H14N2O3/c1-9(14)7-16-8-11(15)13-6-10-4-2-3-5-12-10/h2-5H,6-8H2,1H3,(H,13,15). The number of ketones is 1. The number of hydrogen-bond donors (Lipinski definition) is 1. The molecule has 1 N–H and O–H groups in total. The molecule has 0 aromatic carbocycles. The molecule has 0 fully saturated rings. The van der Waals surface area contributed by atoms with E-state index in [4.69, 9.17) is 4.74 Å². The van der Waals surface area contributed by atoms with E-state index in [1.807, 2.05) is 12.1 Å². The van der Waals surface area contributed by atoms with Crippen LogP contribution in [0.2, 0.25) is 0 Å². The van der Waals surface area contributed by atoms with Crippen LogP contribution in [0, 0.1) is 0 Å². The predicted molar refractivity (Wildman–Crippen MR) is 57.6 cm³/mol. The minimum Gasteiger partial charge on any atom is -0.364 e. The lowest BCUT2D eigenvalue weighted by molar-refractivity contribution is -0.129. The molecule has 1 rings (SSSR count). The summed E-state index contributed by atoms with van der Waals surface area (Å²) in [5.74, 6) is -0.357. The van der Waals surface area contributed by atoms with Gasteiger partial charge < -0.3 is 10.1 Å². The number of rotatable bonds is 6. The molecular weight excluding hydrogens is 208 g/mol. The van der Waals surface area contributed by atoms with Crippen LogP contribution in [0.15, 0.2) is 24.4 Å². The van der Waals surface area contributed by atoms with Crippen LogP contribution in [-0.4, -0.2) is 29.9 Å². The van der Waals surface area contributed by atoms with Crippen molar-refractivity contribution in [1.82, 2.24) is 10.3 Å². The van der Waals surface area contributed by atoms with E-state index in [1.54, 1.807) is 12.3 Å². The van der Waals surface area contributed by atoms with Crippen molar-refractivity contribution in [3.63, 3.8) is 0 Å². The predicted octanol–water partition coefficient (Wildman–Crippen LogP) is 0.303. The number of nitrogens with one attached hydrogen (secondary N) is 1. The molecule has 0 atom stereocenters. The van der Waals surface area contributed by atoms with Gasteiger partial charge in [0.05, 0.1) is 12.2 Å². The Morgan fingerprint density at radius 2 is 2.19 bits per heavy atom. The topological polar surface area (TPSA) is 68.3 Å². The van der Waals surface area contributed by atoms with E-state index in [0.29, 0.717) is 6.54 Å². The number of pyridine rings is 1. The molecule has 0 saturated heterocycles. The Hall–Kier alpha value is -1.75. The summed E-state index contributed by atoms with van der Waals surface area (Å²) in [4.78, 5) is 25.8. The quantitative estimate of drug-likeness (QED) is 0.751. The molecular formula is C11H14N2O3. The normalized spacial score (nSPS) is 9.81. The molecule has 0 bridgehead atoms. The zero-order valence-corrected chi connectivity index (χ0v) is 9.10. The first-order chi connectivity index (χ1) is 7.68. The molecule has 0 spiro atoms. The fraction of sp³-hybridized carbons (Fsp3) is 0.364. The molecule has 1 amide bonds. The first kappa shape index (κ1) is 12.3. The van der Waals surface area contributed by atoms with Crippen LogP contribution >= 0.6 is 0 Å². The number of ether oxygens (including phenoxy) is 1. The van der Waals surface area contributed by atoms with Crippen molar-refractivity contribution in [2.24, 2.45) is 0 Å². The molecule has 5 nitrogen and oxygen atoms in total. The molecule has 0 saturated carbocycles. The van der Waals surface area contributed by atoms with Gasteiger partial charge in [-0.2, -0.15) is 0 Å². The summed E-state index contributed by atoms with van der Waals surface area (Å²) in [6.07, 6.45) is 1.66. The molecule has 1 heterocycles. The SMILES string of the molecule is CC(=O)COCC(=O)NCc1ccccn1. The number of carbonyl (C=O) groups excluding carboxylic acids is 2. The summed E-state index contributed by atoms with van der Waals surface area (Å²) in [7, 11) is 0. The Balaban J connectivity index is 2.18. The highest BCUT2D eigenvalue weighted by molar-refractivity contribution is 5.79. The second kappa shape index (κ2) is 6.68. The van der Waals surface area contributed by atoms with E-state index >= 15 is 0 Å². The van der Waals surface area contributed by atoms with Gasteiger partial charge in [-0.3, -0.25) is 14.6 Å². The number of aromatic nitrogens is 1. The van der Waals surface area contributed by atoms with Crippen LogP contribution < -0.4 is 5.32 Å². The molecule has 86 valence electrons. The van der Waals surface area contributed by atoms with Gasteiger partial charge in [0, 0.05) is 6.20 Å². The van der Waals surface area contributed by atoms with Crippen LogP contribution in [0.4, 0.5) is 0 Å². The number of hydrogen-bond acceptors (Lipinski definition) is 4. The Kier molecular flexibility index (Phi) is 5.15. The van der Waals surface area contributed by atoms with E-state index in [2.05, 4.69) is 10.3 Å². The minimum absolute atomic E-state index is 0.0307. The van der Waals surface area contributed by atoms with Gasteiger partial charge in [0.15, 0.2) is 5.78 Å². The number of Topliss-reactive ketones (excluding diaryl/α,β-unsaturated/α-hetero) is 1. The van der Waals surface area contributed by atoms with Gasteiger partial charge in [0.25, 0.3) is 0 Å². The maximum atomic E-state index is 11.2. The highest BCUT2D eigenvalue weighted by Gasteiger charge is 2.02. The fourth-order valence-electron chi connectivity index (χ4n) is 1.03. The number of nitrogens with zero attached hydrogens (tertiary/aromatic N) is 1. The van der Waals surface area contributed by atoms with E-state index < -0.39 is 0 Å². The van der Waals surface area contributed by atoms with Crippen LogP contribution in [0.3, 0.4) is 0 Å². The van der Waals surface area contributed by atoms with Gasteiger partial charge >= 0.3 is 0 Å². The molecule has 0 unspecified atom stereocenters. The third kappa shape index (κ3) is 5.21. The van der Waals surface area contributed by atoms with Crippen LogP contribution in [-0.2, 0) is 20.9 Å². The monoisotopic (exact) mass is 222 g/mol. The summed E-state index contributed by atoms with van der Waals surface area (Å²) in [6, 6.07) is 5.47. The summed E-state index contributed by atoms with van der Waals surface area (Å²) in [5.41, 5.74) is 0.780. The van der Waals surface area contributed by atoms with Gasteiger partial charge in [0.1, 0.15) is 13.2 Å². The Labute approximate surface area is 93.8 Å². The zero-order valence-electron chi connectivity index (χ0n) is 9.10. The third-order valence-corrected chi connectivity index (χ3v) is 1.73. The maximum absolute atomic E-state index is 11.2. The Morgan fingerprint density at radius 3 is 2.81 bits per heavy atom. The average molecular weight is 222 g/mol. The van der Waals surface area contributed by atoms with Gasteiger partial charge in [-0.15, -0.1) is 0 Å². The van der Waals surface area contributed by atoms with Crippen molar-refractivity contribution in [3.8, 4) is 0 Å². The second-order valence-electron chi connectivity index (χ2n) is 3.29. The Morgan fingerprint density at radius 1 is 1.38 bits per heavy atom. The lowest BCUT2D eigenvalue weighted by atomic mass is 10.3. The van der Waals surface area contributed by atoms with Crippen molar-refractivity contribution >= 4 is 11.7 Å². The maximum Gasteiger partial charge on any atom is 0.246 e. The van der Waals surface area contributed by atoms with Crippen molar-refractivity contribution in [3.05, 3.63) is 30.1 Å². The largest absolute Gasteiger partial charge is 0.364 e. The summed E-state index contributed by atoms with van der Waals surface area (Å²) >= 11 is 0. The van der Waals surface area contributed by atoms with Crippen molar-refractivity contribution in [2.75, 3.05) is 13.2 Å². The molecule has 0 aliphatic heterocycles. The van der Waals surface area contributed by atoms with Gasteiger partial charge in [-0.25, -0.2) is 0 Å². The molecule has 0 aliphatic carbocycles. The van der Waals surface area contributed by atoms with Gasteiger partial charge in [0.2, 0.25) is 5.91 Å². The lowest BCUT2D eigenvalue weighted by Crippen LogP contribution is -2.28. The lowest BCUT2D eigenvalue weighted by Gasteiger charge is -2.04. The van der Waals surface area contributed by atoms with Crippen LogP contribution in [0.25, 0.3) is 0 Å². The average Bonchev–Trinajstić information content (AvgIpc) is 2.27. The van der Waals surface area contributed by atoms with Crippen molar-refractivity contribution in [2.45, 2.75) is 13.5 Å². The number of carbonyl (C=O) groups is 2. The summed E-state index contributed by atoms with van der Waals surface area (Å²) in [5, 5.41) is 2.63. The smallest absolute Gasteiger partial charge is 0.246 e. The van der Waals surface area contributed by atoms with Crippen LogP contribution in [0.5, 0.6) is 0 Å². The van der Waals surface area contributed by atoms with Crippen LogP contribution in [0.1, 0.15) is 12.6 Å². The minimum atomic E-state index is -0.257. The highest BCUT2D eigenvalue weighted by Crippen LogP contribution is 1.91. The van der Waals surface area contributed by atoms with Crippen molar-refractivity contribution < 1.29 is 14.3 Å². The second-order valence-corrected chi connectivity index (χ2v) is 3.29. The molecule has 5 heteroatoms. The molecule has 0 radical (unpaired) electrons. The van der Waals surface area contributed by atoms with Gasteiger partial charge in [-0.1, -0.05) is 6.07 Å². The molecule has 0 aliphatic rings. The summed E-state index contributed by atoms with van der Waals surface area (Å²) in [6.45, 7) is 1.64. The zero-order chi connectivity index (χ0) is 11.8. The highest BCUT2D eigenvalue weighted by atomic mass is 16.5. The first-order valence-electron chi connectivity index (χ1n) is 4.92. The molecule has 16 heavy (non-hydrogen) atoms. The first-order valence-corrected chi connectivity index (χ1v) is 4.92. The van der Waals surface area contributed by atoms with Gasteiger partial charge in [-0.05, 0) is 19.1 Å². The van der Waals surface area contributed by atoms with E-state index in [0.717, 1.165) is 5.69 Å². The molecule has 1 aromatic heterocycles. The fourth-order valence-corrected chi connectivity index (χ4v) is 1.03. The van der Waals surface area contributed by atoms with E-state index in [1.165, 1.54) is 6.92 Å².